The van der Waals surface area contributed by atoms with Crippen LogP contribution in [-0.2, 0) is 9.53 Å². The standard InChI is InChI=1S/C8H15NO2S/c1-3-5-12-8(10)6-7(9)11-4-2/h6H,3-5,9H2,1-2H3/b7-6-. The maximum absolute atomic E-state index is 11.0. The molecule has 0 aromatic rings. The quantitative estimate of drug-likeness (QED) is 0.526. The lowest BCUT2D eigenvalue weighted by molar-refractivity contribution is -0.107. The number of hydrogen-bond acceptors (Lipinski definition) is 4. The third-order valence-corrected chi connectivity index (χ3v) is 2.03. The van der Waals surface area contributed by atoms with Gasteiger partial charge in [-0.25, -0.2) is 0 Å². The molecule has 0 amide bonds. The summed E-state index contributed by atoms with van der Waals surface area (Å²) in [6.07, 6.45) is 2.31. The van der Waals surface area contributed by atoms with Gasteiger partial charge in [-0.1, -0.05) is 18.7 Å². The highest BCUT2D eigenvalue weighted by molar-refractivity contribution is 8.14. The molecule has 0 aliphatic rings. The van der Waals surface area contributed by atoms with Crippen molar-refractivity contribution in [2.45, 2.75) is 20.3 Å². The lowest BCUT2D eigenvalue weighted by Gasteiger charge is -2.00. The SMILES string of the molecule is CCCSC(=O)/C=C(/N)OCC. The molecule has 0 spiro atoms. The van der Waals surface area contributed by atoms with Crippen molar-refractivity contribution >= 4 is 16.9 Å². The summed E-state index contributed by atoms with van der Waals surface area (Å²) in [5, 5.41) is -0.0391. The molecule has 0 atom stereocenters. The molecule has 4 heteroatoms. The van der Waals surface area contributed by atoms with Gasteiger partial charge in [0.15, 0.2) is 5.88 Å². The van der Waals surface area contributed by atoms with Crippen molar-refractivity contribution in [3.8, 4) is 0 Å². The Hall–Kier alpha value is -0.640. The lowest BCUT2D eigenvalue weighted by atomic mass is 10.6. The maximum atomic E-state index is 11.0. The molecule has 0 saturated heterocycles. The Bertz CT molecular complexity index is 168. The molecule has 0 aromatic carbocycles. The zero-order valence-corrected chi connectivity index (χ0v) is 8.32. The van der Waals surface area contributed by atoms with Crippen LogP contribution in [0.5, 0.6) is 0 Å². The Kier molecular flexibility index (Phi) is 6.66. The molecule has 0 unspecified atom stereocenters. The Labute approximate surface area is 77.3 Å². The van der Waals surface area contributed by atoms with Crippen molar-refractivity contribution in [3.63, 3.8) is 0 Å². The van der Waals surface area contributed by atoms with Crippen LogP contribution < -0.4 is 5.73 Å². The summed E-state index contributed by atoms with van der Waals surface area (Å²) in [6.45, 7) is 4.34. The fraction of sp³-hybridized carbons (Fsp3) is 0.625. The van der Waals surface area contributed by atoms with E-state index in [0.717, 1.165) is 12.2 Å². The molecule has 3 nitrogen and oxygen atoms in total. The predicted molar refractivity (Wildman–Crippen MR) is 51.7 cm³/mol. The van der Waals surface area contributed by atoms with Crippen molar-refractivity contribution < 1.29 is 9.53 Å². The molecule has 0 rings (SSSR count). The fourth-order valence-electron chi connectivity index (χ4n) is 0.569. The molecule has 0 bridgehead atoms. The van der Waals surface area contributed by atoms with Crippen molar-refractivity contribution in [1.82, 2.24) is 0 Å². The van der Waals surface area contributed by atoms with Crippen LogP contribution in [0.2, 0.25) is 0 Å². The monoisotopic (exact) mass is 189 g/mol. The molecule has 0 aromatic heterocycles. The first kappa shape index (κ1) is 11.4. The molecule has 70 valence electrons. The largest absolute Gasteiger partial charge is 0.480 e. The van der Waals surface area contributed by atoms with Gasteiger partial charge in [0.2, 0.25) is 5.12 Å². The summed E-state index contributed by atoms with van der Waals surface area (Å²) in [5.74, 6) is 1.03. The number of nitrogens with two attached hydrogens (primary N) is 1. The average molecular weight is 189 g/mol. The number of ether oxygens (including phenoxy) is 1. The Morgan fingerprint density at radius 2 is 2.25 bits per heavy atom. The second kappa shape index (κ2) is 7.03. The predicted octanol–water partition coefficient (Wildman–Crippen LogP) is 1.49. The topological polar surface area (TPSA) is 52.3 Å². The molecule has 12 heavy (non-hydrogen) atoms. The van der Waals surface area contributed by atoms with Crippen LogP contribution >= 0.6 is 11.8 Å². The second-order valence-electron chi connectivity index (χ2n) is 2.15. The van der Waals surface area contributed by atoms with Gasteiger partial charge in [-0.05, 0) is 13.3 Å². The minimum absolute atomic E-state index is 0.0391. The molecule has 0 fully saturated rings. The molecular weight excluding hydrogens is 174 g/mol. The number of thioether (sulfide) groups is 1. The summed E-state index contributed by atoms with van der Waals surface area (Å²) < 4.78 is 4.90. The minimum atomic E-state index is -0.0391. The van der Waals surface area contributed by atoms with Crippen LogP contribution in [0.3, 0.4) is 0 Å². The van der Waals surface area contributed by atoms with Crippen LogP contribution in [0, 0.1) is 0 Å². The van der Waals surface area contributed by atoms with Crippen LogP contribution in [0.4, 0.5) is 0 Å². The molecular formula is C8H15NO2S. The van der Waals surface area contributed by atoms with Gasteiger partial charge in [-0.2, -0.15) is 0 Å². The summed E-state index contributed by atoms with van der Waals surface area (Å²) in [4.78, 5) is 11.0. The molecule has 0 saturated carbocycles. The molecule has 0 aliphatic heterocycles. The summed E-state index contributed by atoms with van der Waals surface area (Å²) >= 11 is 1.26. The van der Waals surface area contributed by atoms with Crippen LogP contribution in [0.25, 0.3) is 0 Å². The maximum Gasteiger partial charge on any atom is 0.217 e. The normalized spacial score (nSPS) is 11.3. The van der Waals surface area contributed by atoms with E-state index in [-0.39, 0.29) is 11.0 Å². The van der Waals surface area contributed by atoms with E-state index < -0.39 is 0 Å². The van der Waals surface area contributed by atoms with Crippen LogP contribution in [0.15, 0.2) is 12.0 Å². The third kappa shape index (κ3) is 6.09. The number of rotatable bonds is 5. The number of carbonyl (C=O) groups excluding carboxylic acids is 1. The molecule has 0 radical (unpaired) electrons. The molecule has 2 N–H and O–H groups in total. The Balaban J connectivity index is 3.71. The van der Waals surface area contributed by atoms with E-state index in [1.54, 1.807) is 0 Å². The van der Waals surface area contributed by atoms with Gasteiger partial charge in [0.1, 0.15) is 0 Å². The minimum Gasteiger partial charge on any atom is -0.480 e. The van der Waals surface area contributed by atoms with E-state index in [1.807, 2.05) is 13.8 Å². The molecule has 0 aliphatic carbocycles. The highest BCUT2D eigenvalue weighted by Gasteiger charge is 1.98. The van der Waals surface area contributed by atoms with E-state index >= 15 is 0 Å². The molecule has 0 heterocycles. The van der Waals surface area contributed by atoms with Crippen molar-refractivity contribution in [2.24, 2.45) is 5.73 Å². The van der Waals surface area contributed by atoms with Gasteiger partial charge in [-0.15, -0.1) is 0 Å². The van der Waals surface area contributed by atoms with E-state index in [2.05, 4.69) is 0 Å². The first-order chi connectivity index (χ1) is 5.70. The van der Waals surface area contributed by atoms with Gasteiger partial charge >= 0.3 is 0 Å². The van der Waals surface area contributed by atoms with E-state index in [1.165, 1.54) is 17.8 Å². The number of carbonyl (C=O) groups is 1. The van der Waals surface area contributed by atoms with Gasteiger partial charge in [0.25, 0.3) is 0 Å². The van der Waals surface area contributed by atoms with Gasteiger partial charge in [0, 0.05) is 5.75 Å². The van der Waals surface area contributed by atoms with Crippen molar-refractivity contribution in [1.29, 1.82) is 0 Å². The zero-order valence-electron chi connectivity index (χ0n) is 7.50. The zero-order chi connectivity index (χ0) is 9.40. The summed E-state index contributed by atoms with van der Waals surface area (Å²) in [7, 11) is 0. The van der Waals surface area contributed by atoms with Gasteiger partial charge in [-0.3, -0.25) is 4.79 Å². The Morgan fingerprint density at radius 3 is 2.75 bits per heavy atom. The first-order valence-corrected chi connectivity index (χ1v) is 4.96. The van der Waals surface area contributed by atoms with E-state index in [4.69, 9.17) is 10.5 Å². The van der Waals surface area contributed by atoms with Crippen molar-refractivity contribution in [3.05, 3.63) is 12.0 Å². The third-order valence-electron chi connectivity index (χ3n) is 1.02. The van der Waals surface area contributed by atoms with Gasteiger partial charge in [0.05, 0.1) is 12.7 Å². The second-order valence-corrected chi connectivity index (χ2v) is 3.25. The first-order valence-electron chi connectivity index (χ1n) is 3.97. The van der Waals surface area contributed by atoms with Crippen molar-refractivity contribution in [2.75, 3.05) is 12.4 Å². The highest BCUT2D eigenvalue weighted by atomic mass is 32.2. The lowest BCUT2D eigenvalue weighted by Crippen LogP contribution is -2.04. The smallest absolute Gasteiger partial charge is 0.217 e. The van der Waals surface area contributed by atoms with E-state index in [0.29, 0.717) is 6.61 Å². The van der Waals surface area contributed by atoms with E-state index in [9.17, 15) is 4.79 Å². The Morgan fingerprint density at radius 1 is 1.58 bits per heavy atom. The highest BCUT2D eigenvalue weighted by Crippen LogP contribution is 2.05. The van der Waals surface area contributed by atoms with Crippen LogP contribution in [-0.4, -0.2) is 17.5 Å². The number of hydrogen-bond donors (Lipinski definition) is 1. The fourth-order valence-corrected chi connectivity index (χ4v) is 1.17. The summed E-state index contributed by atoms with van der Waals surface area (Å²) in [6, 6.07) is 0. The average Bonchev–Trinajstić information content (AvgIpc) is 2.01. The van der Waals surface area contributed by atoms with Crippen LogP contribution in [0.1, 0.15) is 20.3 Å². The van der Waals surface area contributed by atoms with Gasteiger partial charge < -0.3 is 10.5 Å². The summed E-state index contributed by atoms with van der Waals surface area (Å²) in [5.41, 5.74) is 5.36.